The molecule has 0 spiro atoms. The van der Waals surface area contributed by atoms with Crippen LogP contribution in [0.5, 0.6) is 0 Å². The van der Waals surface area contributed by atoms with Gasteiger partial charge in [-0.1, -0.05) is 206 Å². The van der Waals surface area contributed by atoms with Gasteiger partial charge in [0.1, 0.15) is 34.4 Å². The summed E-state index contributed by atoms with van der Waals surface area (Å²) in [6.45, 7) is 0. The molecule has 7 heteroatoms. The van der Waals surface area contributed by atoms with Crippen LogP contribution in [0.25, 0.3) is 165 Å². The van der Waals surface area contributed by atoms with E-state index in [2.05, 4.69) is 273 Å². The zero-order valence-electron chi connectivity index (χ0n) is 45.5. The zero-order valence-corrected chi connectivity index (χ0v) is 45.5. The Labute approximate surface area is 485 Å². The van der Waals surface area contributed by atoms with E-state index in [4.69, 9.17) is 4.42 Å². The zero-order chi connectivity index (χ0) is 56.0. The highest BCUT2D eigenvalue weighted by Gasteiger charge is 2.35. The van der Waals surface area contributed by atoms with Gasteiger partial charge in [-0.3, -0.25) is 0 Å². The summed E-state index contributed by atoms with van der Waals surface area (Å²) in [5, 5.41) is 37.9. The van der Waals surface area contributed by atoms with Crippen LogP contribution in [0.1, 0.15) is 11.1 Å². The smallest absolute Gasteiger partial charge is 0.137 e. The maximum atomic E-state index is 12.8. The summed E-state index contributed by atoms with van der Waals surface area (Å²) in [4.78, 5) is 0. The first-order valence-electron chi connectivity index (χ1n) is 28.6. The average molecular weight is 1080 g/mol. The van der Waals surface area contributed by atoms with Gasteiger partial charge in [-0.25, -0.2) is 0 Å². The summed E-state index contributed by atoms with van der Waals surface area (Å²) in [5.41, 5.74) is 16.1. The number of fused-ring (bicyclic) bond motifs is 17. The molecule has 18 aromatic rings. The van der Waals surface area contributed by atoms with Gasteiger partial charge in [-0.15, -0.1) is 0 Å². The van der Waals surface area contributed by atoms with Crippen molar-refractivity contribution in [2.75, 3.05) is 0 Å². The lowest BCUT2D eigenvalue weighted by Crippen LogP contribution is -2.17. The van der Waals surface area contributed by atoms with E-state index >= 15 is 0 Å². The van der Waals surface area contributed by atoms with E-state index in [1.165, 1.54) is 10.8 Å². The number of rotatable bonds is 6. The number of aromatic nitrogens is 4. The summed E-state index contributed by atoms with van der Waals surface area (Å²) < 4.78 is 16.1. The maximum Gasteiger partial charge on any atom is 0.137 e. The van der Waals surface area contributed by atoms with Gasteiger partial charge in [0.05, 0.1) is 72.3 Å². The van der Waals surface area contributed by atoms with Crippen molar-refractivity contribution in [3.63, 3.8) is 0 Å². The molecule has 0 radical (unpaired) electrons. The van der Waals surface area contributed by atoms with Crippen molar-refractivity contribution in [3.8, 4) is 57.1 Å². The molecular weight excluding hydrogens is 1040 g/mol. The Hall–Kier alpha value is -11.9. The standard InChI is InChI=1S/C78H44N6O/c79-45-62-74(81-64-33-12-5-25-53(64)54-26-6-13-34-65(54)81)63(46-80)77(83-68-37-16-9-29-57(68)58-30-10-17-38-69(58)83)78(76(62)82-66-35-14-7-27-55(66)56-28-8-15-36-67(56)82)84-70-44-48(50-23-3-4-24-51(50)52-32-19-21-47-20-1-2-22-49(47)52)40-41-59(70)60-42-43-72-73(75(60)84)61-31-11-18-39-71(61)85-72/h1-44H. The first-order chi connectivity index (χ1) is 42.2. The minimum Gasteiger partial charge on any atom is -0.456 e. The first-order valence-corrected chi connectivity index (χ1v) is 28.6. The number of nitriles is 2. The van der Waals surface area contributed by atoms with Gasteiger partial charge in [0, 0.05) is 48.5 Å². The topological polar surface area (TPSA) is 80.4 Å². The fourth-order valence-electron chi connectivity index (χ4n) is 14.4. The molecule has 0 atom stereocenters. The van der Waals surface area contributed by atoms with Crippen molar-refractivity contribution in [3.05, 3.63) is 278 Å². The lowest BCUT2D eigenvalue weighted by molar-refractivity contribution is 0.669. The molecule has 0 unspecified atom stereocenters. The molecule has 0 fully saturated rings. The third-order valence-electron chi connectivity index (χ3n) is 17.8. The van der Waals surface area contributed by atoms with E-state index in [9.17, 15) is 10.5 Å². The van der Waals surface area contributed by atoms with Gasteiger partial charge in [-0.05, 0) is 93.7 Å². The van der Waals surface area contributed by atoms with E-state index in [0.29, 0.717) is 33.9 Å². The minimum atomic E-state index is 0.339. The first kappa shape index (κ1) is 46.8. The predicted octanol–water partition coefficient (Wildman–Crippen LogP) is 20.2. The van der Waals surface area contributed by atoms with Crippen molar-refractivity contribution < 1.29 is 4.42 Å². The molecule has 0 bridgehead atoms. The number of para-hydroxylation sites is 7. The maximum absolute atomic E-state index is 12.8. The van der Waals surface area contributed by atoms with Crippen LogP contribution < -0.4 is 0 Å². The molecule has 0 aliphatic heterocycles. The number of hydrogen-bond acceptors (Lipinski definition) is 3. The number of hydrogen-bond donors (Lipinski definition) is 0. The molecular formula is C78H44N6O. The van der Waals surface area contributed by atoms with Gasteiger partial charge in [0.2, 0.25) is 0 Å². The third kappa shape index (κ3) is 6.41. The Morgan fingerprint density at radius 2 is 0.671 bits per heavy atom. The minimum absolute atomic E-state index is 0.339. The Balaban J connectivity index is 1.14. The highest BCUT2D eigenvalue weighted by atomic mass is 16.3. The molecule has 7 nitrogen and oxygen atoms in total. The van der Waals surface area contributed by atoms with E-state index < -0.39 is 0 Å². The van der Waals surface area contributed by atoms with Gasteiger partial charge in [0.25, 0.3) is 0 Å². The van der Waals surface area contributed by atoms with Gasteiger partial charge in [0.15, 0.2) is 0 Å². The number of furan rings is 1. The van der Waals surface area contributed by atoms with Crippen molar-refractivity contribution >= 4 is 120 Å². The molecule has 0 amide bonds. The van der Waals surface area contributed by atoms with Gasteiger partial charge >= 0.3 is 0 Å². The average Bonchev–Trinajstić information content (AvgIpc) is 1.65. The van der Waals surface area contributed by atoms with Gasteiger partial charge in [-0.2, -0.15) is 10.5 Å². The summed E-state index contributed by atoms with van der Waals surface area (Å²) in [5.74, 6) is 0. The van der Waals surface area contributed by atoms with Crippen molar-refractivity contribution in [1.82, 2.24) is 18.3 Å². The quantitative estimate of drug-likeness (QED) is 0.166. The van der Waals surface area contributed by atoms with Crippen LogP contribution in [0, 0.1) is 22.7 Å². The highest BCUT2D eigenvalue weighted by Crippen LogP contribution is 2.51. The van der Waals surface area contributed by atoms with Crippen molar-refractivity contribution in [2.45, 2.75) is 0 Å². The Bertz CT molecular complexity index is 5710. The molecule has 5 heterocycles. The monoisotopic (exact) mass is 1080 g/mol. The Morgan fingerprint density at radius 3 is 1.20 bits per heavy atom. The molecule has 85 heavy (non-hydrogen) atoms. The molecule has 0 aliphatic rings. The fourth-order valence-corrected chi connectivity index (χ4v) is 14.4. The van der Waals surface area contributed by atoms with Crippen LogP contribution in [0.3, 0.4) is 0 Å². The Morgan fingerprint density at radius 1 is 0.271 bits per heavy atom. The van der Waals surface area contributed by atoms with E-state index in [-0.39, 0.29) is 0 Å². The molecule has 0 saturated heterocycles. The molecule has 0 N–H and O–H groups in total. The molecule has 392 valence electrons. The SMILES string of the molecule is N#Cc1c(-n2c3ccccc3c3ccccc32)c(C#N)c(-n2c3ccccc3c3ccccc32)c(-n2c3cc(-c4ccccc4-c4cccc5ccccc45)ccc3c3ccc4oc5ccccc5c4c32)c1-n1c2ccccc2c2ccccc21. The largest absolute Gasteiger partial charge is 0.456 e. The normalized spacial score (nSPS) is 12.0. The summed E-state index contributed by atoms with van der Waals surface area (Å²) in [6.07, 6.45) is 0. The second kappa shape index (κ2) is 17.8. The van der Waals surface area contributed by atoms with E-state index in [0.717, 1.165) is 131 Å². The lowest BCUT2D eigenvalue weighted by Gasteiger charge is -2.27. The molecule has 0 saturated carbocycles. The van der Waals surface area contributed by atoms with E-state index in [1.807, 2.05) is 24.3 Å². The van der Waals surface area contributed by atoms with Crippen LogP contribution in [-0.4, -0.2) is 18.3 Å². The summed E-state index contributed by atoms with van der Waals surface area (Å²) >= 11 is 0. The number of benzene rings is 13. The fraction of sp³-hybridized carbons (Fsp3) is 0. The second-order valence-corrected chi connectivity index (χ2v) is 22.0. The van der Waals surface area contributed by atoms with Crippen LogP contribution in [0.15, 0.2) is 271 Å². The third-order valence-corrected chi connectivity index (χ3v) is 17.8. The van der Waals surface area contributed by atoms with Crippen LogP contribution in [0.4, 0.5) is 0 Å². The second-order valence-electron chi connectivity index (χ2n) is 22.0. The summed E-state index contributed by atoms with van der Waals surface area (Å²) in [6, 6.07) is 99.8. The van der Waals surface area contributed by atoms with E-state index in [1.54, 1.807) is 0 Å². The molecule has 0 aliphatic carbocycles. The molecule has 18 rings (SSSR count). The molecule has 13 aromatic carbocycles. The lowest BCUT2D eigenvalue weighted by atomic mass is 9.91. The van der Waals surface area contributed by atoms with Crippen molar-refractivity contribution in [2.24, 2.45) is 0 Å². The summed E-state index contributed by atoms with van der Waals surface area (Å²) in [7, 11) is 0. The van der Waals surface area contributed by atoms with Crippen molar-refractivity contribution in [1.29, 1.82) is 10.5 Å². The number of nitrogens with zero attached hydrogens (tertiary/aromatic N) is 6. The Kier molecular flexibility index (Phi) is 9.80. The van der Waals surface area contributed by atoms with Gasteiger partial charge < -0.3 is 22.7 Å². The van der Waals surface area contributed by atoms with Crippen LogP contribution >= 0.6 is 0 Å². The molecule has 5 aromatic heterocycles. The highest BCUT2D eigenvalue weighted by molar-refractivity contribution is 6.26. The predicted molar refractivity (Wildman–Crippen MR) is 349 cm³/mol. The van der Waals surface area contributed by atoms with Crippen LogP contribution in [0.2, 0.25) is 0 Å². The van der Waals surface area contributed by atoms with Crippen LogP contribution in [-0.2, 0) is 0 Å².